The van der Waals surface area contributed by atoms with Gasteiger partial charge in [-0.1, -0.05) is 32.0 Å². The van der Waals surface area contributed by atoms with Gasteiger partial charge in [0.1, 0.15) is 5.60 Å². The third-order valence-corrected chi connectivity index (χ3v) is 3.76. The van der Waals surface area contributed by atoms with Gasteiger partial charge < -0.3 is 10.5 Å². The van der Waals surface area contributed by atoms with Gasteiger partial charge in [-0.25, -0.2) is 4.79 Å². The molecular weight excluding hydrogens is 304 g/mol. The van der Waals surface area contributed by atoms with Crippen molar-refractivity contribution >= 4 is 22.8 Å². The molecule has 0 spiro atoms. The van der Waals surface area contributed by atoms with Gasteiger partial charge in [0.05, 0.1) is 11.6 Å². The smallest absolute Gasteiger partial charge is 0.419 e. The molecule has 0 aliphatic carbocycles. The maximum Gasteiger partial charge on any atom is 0.419 e. The molecule has 2 aromatic rings. The molecule has 5 nitrogen and oxygen atoms in total. The molecule has 24 heavy (non-hydrogen) atoms. The first-order valence-corrected chi connectivity index (χ1v) is 8.22. The molecule has 0 bridgehead atoms. The Balaban J connectivity index is 2.39. The summed E-state index contributed by atoms with van der Waals surface area (Å²) in [7, 11) is 0. The number of hydrogen-bond acceptors (Lipinski definition) is 4. The van der Waals surface area contributed by atoms with Crippen molar-refractivity contribution in [3.05, 3.63) is 36.0 Å². The fourth-order valence-electron chi connectivity index (χ4n) is 2.64. The molecule has 2 rings (SSSR count). The number of aromatic nitrogens is 1. The fraction of sp³-hybridized carbons (Fsp3) is 0.474. The Bertz CT molecular complexity index is 754. The van der Waals surface area contributed by atoms with Crippen LogP contribution in [0.15, 0.2) is 30.5 Å². The summed E-state index contributed by atoms with van der Waals surface area (Å²) in [6.07, 6.45) is 1.69. The lowest BCUT2D eigenvalue weighted by atomic mass is 9.96. The van der Waals surface area contributed by atoms with Gasteiger partial charge in [-0.15, -0.1) is 0 Å². The molecule has 1 heterocycles. The largest absolute Gasteiger partial charge is 0.443 e. The van der Waals surface area contributed by atoms with Crippen LogP contribution >= 0.6 is 0 Å². The Morgan fingerprint density at radius 2 is 1.83 bits per heavy atom. The van der Waals surface area contributed by atoms with Crippen LogP contribution in [-0.4, -0.2) is 28.1 Å². The molecule has 1 aromatic heterocycles. The van der Waals surface area contributed by atoms with Crippen LogP contribution in [0.2, 0.25) is 0 Å². The van der Waals surface area contributed by atoms with Crippen molar-refractivity contribution in [3.8, 4) is 0 Å². The molecule has 1 aromatic carbocycles. The van der Waals surface area contributed by atoms with E-state index in [0.717, 1.165) is 16.5 Å². The van der Waals surface area contributed by atoms with E-state index in [-0.39, 0.29) is 11.7 Å². The highest BCUT2D eigenvalue weighted by Crippen LogP contribution is 2.24. The number of para-hydroxylation sites is 1. The van der Waals surface area contributed by atoms with Crippen LogP contribution in [0, 0.1) is 5.92 Å². The van der Waals surface area contributed by atoms with E-state index in [1.165, 1.54) is 4.57 Å². The standard InChI is InChI=1S/C19H26N2O3/c1-12(2)17(22)15(20)10-13-11-21(18(23)24-19(3,4)5)16-9-7-6-8-14(13)16/h6-9,11-12,15H,10,20H2,1-5H3. The van der Waals surface area contributed by atoms with Crippen LogP contribution in [0.5, 0.6) is 0 Å². The molecule has 0 aliphatic heterocycles. The molecule has 0 aliphatic rings. The molecule has 130 valence electrons. The topological polar surface area (TPSA) is 74.3 Å². The summed E-state index contributed by atoms with van der Waals surface area (Å²) in [4.78, 5) is 24.5. The number of hydrogen-bond donors (Lipinski definition) is 1. The highest BCUT2D eigenvalue weighted by atomic mass is 16.6. The van der Waals surface area contributed by atoms with E-state index >= 15 is 0 Å². The SMILES string of the molecule is CC(C)C(=O)C(N)Cc1cn(C(=O)OC(C)(C)C)c2ccccc12. The van der Waals surface area contributed by atoms with Crippen LogP contribution in [0.3, 0.4) is 0 Å². The zero-order valence-corrected chi connectivity index (χ0v) is 15.0. The number of carbonyl (C=O) groups excluding carboxylic acids is 2. The first kappa shape index (κ1) is 18.2. The molecule has 1 atom stereocenters. The second-order valence-electron chi connectivity index (χ2n) is 7.39. The summed E-state index contributed by atoms with van der Waals surface area (Å²) in [6, 6.07) is 6.98. The van der Waals surface area contributed by atoms with Gasteiger partial charge in [0, 0.05) is 17.5 Å². The third-order valence-electron chi connectivity index (χ3n) is 3.76. The summed E-state index contributed by atoms with van der Waals surface area (Å²) in [6.45, 7) is 9.16. The van der Waals surface area contributed by atoms with Crippen LogP contribution < -0.4 is 5.73 Å². The molecule has 0 amide bonds. The van der Waals surface area contributed by atoms with Crippen LogP contribution in [0.4, 0.5) is 4.79 Å². The number of fused-ring (bicyclic) bond motifs is 1. The van der Waals surface area contributed by atoms with Crippen molar-refractivity contribution in [2.75, 3.05) is 0 Å². The van der Waals surface area contributed by atoms with E-state index in [9.17, 15) is 9.59 Å². The van der Waals surface area contributed by atoms with Gasteiger partial charge in [-0.05, 0) is 38.8 Å². The molecule has 0 fully saturated rings. The Morgan fingerprint density at radius 3 is 2.42 bits per heavy atom. The number of benzene rings is 1. The van der Waals surface area contributed by atoms with Crippen molar-refractivity contribution in [1.82, 2.24) is 4.57 Å². The molecule has 0 radical (unpaired) electrons. The minimum absolute atomic E-state index is 0.0177. The molecule has 5 heteroatoms. The highest BCUT2D eigenvalue weighted by molar-refractivity contribution is 5.93. The Labute approximate surface area is 142 Å². The van der Waals surface area contributed by atoms with Crippen LogP contribution in [-0.2, 0) is 16.0 Å². The number of ketones is 1. The second-order valence-corrected chi connectivity index (χ2v) is 7.39. The summed E-state index contributed by atoms with van der Waals surface area (Å²) < 4.78 is 6.95. The maximum absolute atomic E-state index is 12.5. The Kier molecular flexibility index (Phi) is 5.13. The van der Waals surface area contributed by atoms with E-state index in [1.807, 2.05) is 58.9 Å². The highest BCUT2D eigenvalue weighted by Gasteiger charge is 2.23. The minimum atomic E-state index is -0.581. The molecular formula is C19H26N2O3. The molecule has 0 saturated heterocycles. The zero-order valence-electron chi connectivity index (χ0n) is 15.0. The predicted octanol–water partition coefficient (Wildman–Crippen LogP) is 3.52. The normalized spacial score (nSPS) is 13.3. The van der Waals surface area contributed by atoms with Crippen molar-refractivity contribution in [2.24, 2.45) is 11.7 Å². The van der Waals surface area contributed by atoms with Gasteiger partial charge in [0.2, 0.25) is 0 Å². The number of Topliss-reactive ketones (excluding diaryl/α,β-unsaturated/α-hetero) is 1. The van der Waals surface area contributed by atoms with Crippen molar-refractivity contribution in [1.29, 1.82) is 0 Å². The lowest BCUT2D eigenvalue weighted by Gasteiger charge is -2.19. The summed E-state index contributed by atoms with van der Waals surface area (Å²) in [5.74, 6) is -0.0942. The van der Waals surface area contributed by atoms with Gasteiger partial charge >= 0.3 is 6.09 Å². The summed E-state index contributed by atoms with van der Waals surface area (Å²) in [5, 5.41) is 0.912. The maximum atomic E-state index is 12.5. The van der Waals surface area contributed by atoms with Crippen molar-refractivity contribution in [3.63, 3.8) is 0 Å². The van der Waals surface area contributed by atoms with Crippen molar-refractivity contribution < 1.29 is 14.3 Å². The van der Waals surface area contributed by atoms with E-state index in [0.29, 0.717) is 6.42 Å². The van der Waals surface area contributed by atoms with E-state index in [2.05, 4.69) is 0 Å². The number of rotatable bonds is 4. The minimum Gasteiger partial charge on any atom is -0.443 e. The lowest BCUT2D eigenvalue weighted by Crippen LogP contribution is -2.35. The van der Waals surface area contributed by atoms with Gasteiger partial charge in [-0.2, -0.15) is 0 Å². The Morgan fingerprint density at radius 1 is 1.21 bits per heavy atom. The van der Waals surface area contributed by atoms with Gasteiger partial charge in [0.25, 0.3) is 0 Å². The predicted molar refractivity (Wildman–Crippen MR) is 95.1 cm³/mol. The average Bonchev–Trinajstić information content (AvgIpc) is 2.83. The summed E-state index contributed by atoms with van der Waals surface area (Å²) in [5.41, 5.74) is 7.11. The Hall–Kier alpha value is -2.14. The first-order chi connectivity index (χ1) is 11.1. The fourth-order valence-corrected chi connectivity index (χ4v) is 2.64. The van der Waals surface area contributed by atoms with Crippen molar-refractivity contribution in [2.45, 2.75) is 52.7 Å². The number of nitrogens with zero attached hydrogens (tertiary/aromatic N) is 1. The second kappa shape index (κ2) is 6.77. The third kappa shape index (κ3) is 4.03. The average molecular weight is 330 g/mol. The quantitative estimate of drug-likeness (QED) is 0.931. The molecule has 2 N–H and O–H groups in total. The first-order valence-electron chi connectivity index (χ1n) is 8.22. The van der Waals surface area contributed by atoms with Crippen LogP contribution in [0.25, 0.3) is 10.9 Å². The molecule has 0 saturated carbocycles. The van der Waals surface area contributed by atoms with E-state index < -0.39 is 17.7 Å². The number of ether oxygens (including phenoxy) is 1. The molecule has 1 unspecified atom stereocenters. The summed E-state index contributed by atoms with van der Waals surface area (Å²) >= 11 is 0. The van der Waals surface area contributed by atoms with Gasteiger partial charge in [0.15, 0.2) is 5.78 Å². The number of carbonyl (C=O) groups is 2. The number of nitrogens with two attached hydrogens (primary N) is 1. The van der Waals surface area contributed by atoms with E-state index in [1.54, 1.807) is 6.20 Å². The van der Waals surface area contributed by atoms with Crippen LogP contribution in [0.1, 0.15) is 40.2 Å². The van der Waals surface area contributed by atoms with E-state index in [4.69, 9.17) is 10.5 Å². The monoisotopic (exact) mass is 330 g/mol. The lowest BCUT2D eigenvalue weighted by molar-refractivity contribution is -0.123. The zero-order chi connectivity index (χ0) is 18.1. The van der Waals surface area contributed by atoms with Gasteiger partial charge in [-0.3, -0.25) is 9.36 Å².